The highest BCUT2D eigenvalue weighted by Crippen LogP contribution is 2.35. The second-order valence-electron chi connectivity index (χ2n) is 8.89. The molecule has 214 valence electrons. The number of benzene rings is 2. The lowest BCUT2D eigenvalue weighted by molar-refractivity contribution is -0.139. The Morgan fingerprint density at radius 2 is 1.81 bits per heavy atom. The Kier molecular flexibility index (Phi) is 7.86. The van der Waals surface area contributed by atoms with Gasteiger partial charge in [0.15, 0.2) is 18.1 Å². The van der Waals surface area contributed by atoms with Crippen LogP contribution >= 0.6 is 0 Å². The number of pyridine rings is 1. The highest BCUT2D eigenvalue weighted by molar-refractivity contribution is 6.01. The van der Waals surface area contributed by atoms with Crippen LogP contribution < -0.4 is 20.7 Å². The van der Waals surface area contributed by atoms with E-state index in [-0.39, 0.29) is 11.4 Å². The van der Waals surface area contributed by atoms with Gasteiger partial charge in [-0.05, 0) is 48.0 Å². The van der Waals surface area contributed by atoms with Crippen LogP contribution in [0.2, 0.25) is 0 Å². The zero-order chi connectivity index (χ0) is 29.7. The average Bonchev–Trinajstić information content (AvgIpc) is 3.44. The summed E-state index contributed by atoms with van der Waals surface area (Å²) in [5, 5.41) is 17.0. The SMILES string of the molecule is O=C(O)COc1ccc(C(F)(F)F)cc1NC(=O)Nc1cccc(-c2cn3ccnc3c(NCc3ccncc3)n2)c1. The van der Waals surface area contributed by atoms with Gasteiger partial charge in [0.25, 0.3) is 0 Å². The van der Waals surface area contributed by atoms with Gasteiger partial charge in [-0.1, -0.05) is 12.1 Å². The molecule has 0 saturated heterocycles. The number of alkyl halides is 3. The molecule has 3 heterocycles. The number of urea groups is 1. The summed E-state index contributed by atoms with van der Waals surface area (Å²) in [7, 11) is 0. The van der Waals surface area contributed by atoms with Crippen molar-refractivity contribution in [3.63, 3.8) is 0 Å². The zero-order valence-corrected chi connectivity index (χ0v) is 21.6. The van der Waals surface area contributed by atoms with Gasteiger partial charge in [-0.15, -0.1) is 0 Å². The molecule has 0 bridgehead atoms. The number of nitrogens with zero attached hydrogens (tertiary/aromatic N) is 4. The Balaban J connectivity index is 1.36. The molecular weight excluding hydrogens is 555 g/mol. The Labute approximate surface area is 236 Å². The van der Waals surface area contributed by atoms with E-state index in [4.69, 9.17) is 14.8 Å². The number of carbonyl (C=O) groups excluding carboxylic acids is 1. The van der Waals surface area contributed by atoms with Gasteiger partial charge in [0.2, 0.25) is 0 Å². The number of carboxylic acids is 1. The summed E-state index contributed by atoms with van der Waals surface area (Å²) in [6.45, 7) is -0.325. The average molecular weight is 578 g/mol. The van der Waals surface area contributed by atoms with E-state index in [1.807, 2.05) is 12.1 Å². The van der Waals surface area contributed by atoms with Gasteiger partial charge in [0, 0.05) is 48.8 Å². The number of anilines is 3. The van der Waals surface area contributed by atoms with Crippen molar-refractivity contribution in [2.24, 2.45) is 0 Å². The maximum absolute atomic E-state index is 13.3. The molecule has 0 aliphatic carbocycles. The normalized spacial score (nSPS) is 11.2. The lowest BCUT2D eigenvalue weighted by Crippen LogP contribution is -2.21. The van der Waals surface area contributed by atoms with Crippen LogP contribution in [-0.2, 0) is 17.5 Å². The molecule has 5 rings (SSSR count). The van der Waals surface area contributed by atoms with Crippen molar-refractivity contribution < 1.29 is 32.6 Å². The van der Waals surface area contributed by atoms with Gasteiger partial charge in [-0.2, -0.15) is 13.2 Å². The van der Waals surface area contributed by atoms with Crippen molar-refractivity contribution in [3.05, 3.63) is 96.7 Å². The third-order valence-corrected chi connectivity index (χ3v) is 5.91. The number of halogens is 3. The van der Waals surface area contributed by atoms with E-state index in [9.17, 15) is 22.8 Å². The maximum atomic E-state index is 13.3. The number of hydrogen-bond acceptors (Lipinski definition) is 7. The number of fused-ring (bicyclic) bond motifs is 1. The first-order valence-corrected chi connectivity index (χ1v) is 12.4. The molecule has 0 atom stereocenters. The quantitative estimate of drug-likeness (QED) is 0.179. The van der Waals surface area contributed by atoms with Gasteiger partial charge in [-0.25, -0.2) is 19.6 Å². The van der Waals surface area contributed by atoms with Crippen LogP contribution in [-0.4, -0.2) is 43.1 Å². The molecule has 42 heavy (non-hydrogen) atoms. The summed E-state index contributed by atoms with van der Waals surface area (Å²) in [6.07, 6.45) is 3.88. The van der Waals surface area contributed by atoms with E-state index in [0.29, 0.717) is 41.0 Å². The Hall–Kier alpha value is -5.66. The molecule has 0 radical (unpaired) electrons. The highest BCUT2D eigenvalue weighted by Gasteiger charge is 2.31. The number of aliphatic carboxylic acids is 1. The second kappa shape index (κ2) is 11.8. The van der Waals surface area contributed by atoms with Gasteiger partial charge >= 0.3 is 18.2 Å². The van der Waals surface area contributed by atoms with Crippen LogP contribution in [0.25, 0.3) is 16.9 Å². The van der Waals surface area contributed by atoms with Crippen LogP contribution in [0.4, 0.5) is 35.2 Å². The van der Waals surface area contributed by atoms with Crippen LogP contribution in [0.3, 0.4) is 0 Å². The molecule has 0 saturated carbocycles. The standard InChI is InChI=1S/C28H22F3N7O4/c29-28(30,31)19-4-5-23(42-16-24(39)40)21(13-19)37-27(41)35-20-3-1-2-18(12-20)22-15-38-11-10-33-26(38)25(36-22)34-14-17-6-8-32-9-7-17/h1-13,15H,14,16H2,(H,34,36)(H,39,40)(H2,35,37,41). The molecule has 2 amide bonds. The molecule has 2 aromatic carbocycles. The largest absolute Gasteiger partial charge is 0.480 e. The summed E-state index contributed by atoms with van der Waals surface area (Å²) in [6, 6.07) is 11.9. The molecule has 5 aromatic rings. The summed E-state index contributed by atoms with van der Waals surface area (Å²) in [5.41, 5.74) is 1.74. The zero-order valence-electron chi connectivity index (χ0n) is 21.6. The first kappa shape index (κ1) is 27.9. The lowest BCUT2D eigenvalue weighted by Gasteiger charge is -2.15. The number of imidazole rings is 1. The van der Waals surface area contributed by atoms with Crippen molar-refractivity contribution in [3.8, 4) is 17.0 Å². The van der Waals surface area contributed by atoms with E-state index < -0.39 is 30.3 Å². The number of carboxylic acid groups (broad SMARTS) is 1. The number of amides is 2. The number of aromatic nitrogens is 4. The van der Waals surface area contributed by atoms with E-state index in [0.717, 1.165) is 17.7 Å². The number of rotatable bonds is 9. The van der Waals surface area contributed by atoms with Crippen LogP contribution in [0.5, 0.6) is 5.75 Å². The fourth-order valence-corrected chi connectivity index (χ4v) is 3.99. The van der Waals surface area contributed by atoms with Crippen LogP contribution in [0.15, 0.2) is 85.6 Å². The first-order valence-electron chi connectivity index (χ1n) is 12.4. The van der Waals surface area contributed by atoms with Crippen molar-refractivity contribution in [1.29, 1.82) is 0 Å². The van der Waals surface area contributed by atoms with Crippen LogP contribution in [0, 0.1) is 0 Å². The number of ether oxygens (including phenoxy) is 1. The molecule has 4 N–H and O–H groups in total. The number of carbonyl (C=O) groups is 2. The van der Waals surface area contributed by atoms with E-state index in [2.05, 4.69) is 25.9 Å². The predicted octanol–water partition coefficient (Wildman–Crippen LogP) is 5.53. The van der Waals surface area contributed by atoms with Gasteiger partial charge in [0.1, 0.15) is 5.75 Å². The third kappa shape index (κ3) is 6.72. The highest BCUT2D eigenvalue weighted by atomic mass is 19.4. The fraction of sp³-hybridized carbons (Fsp3) is 0.107. The maximum Gasteiger partial charge on any atom is 0.416 e. The Morgan fingerprint density at radius 1 is 1.00 bits per heavy atom. The molecular formula is C28H22F3N7O4. The Bertz CT molecular complexity index is 1740. The molecule has 3 aromatic heterocycles. The molecule has 11 nitrogen and oxygen atoms in total. The van der Waals surface area contributed by atoms with Crippen molar-refractivity contribution in [2.45, 2.75) is 12.7 Å². The second-order valence-corrected chi connectivity index (χ2v) is 8.89. The topological polar surface area (TPSA) is 143 Å². The fourth-order valence-electron chi connectivity index (χ4n) is 3.99. The smallest absolute Gasteiger partial charge is 0.416 e. The molecule has 14 heteroatoms. The molecule has 0 unspecified atom stereocenters. The minimum Gasteiger partial charge on any atom is -0.480 e. The van der Waals surface area contributed by atoms with E-state index in [1.54, 1.807) is 59.7 Å². The third-order valence-electron chi connectivity index (χ3n) is 5.91. The van der Waals surface area contributed by atoms with E-state index >= 15 is 0 Å². The van der Waals surface area contributed by atoms with E-state index in [1.165, 1.54) is 0 Å². The minimum absolute atomic E-state index is 0.237. The lowest BCUT2D eigenvalue weighted by atomic mass is 10.1. The monoisotopic (exact) mass is 577 g/mol. The van der Waals surface area contributed by atoms with Crippen molar-refractivity contribution >= 4 is 34.8 Å². The summed E-state index contributed by atoms with van der Waals surface area (Å²) < 4.78 is 46.6. The van der Waals surface area contributed by atoms with Crippen molar-refractivity contribution in [1.82, 2.24) is 19.4 Å². The van der Waals surface area contributed by atoms with Gasteiger partial charge in [0.05, 0.1) is 16.9 Å². The summed E-state index contributed by atoms with van der Waals surface area (Å²) in [4.78, 5) is 36.7. The summed E-state index contributed by atoms with van der Waals surface area (Å²) >= 11 is 0. The first-order chi connectivity index (χ1) is 20.2. The number of nitrogens with one attached hydrogen (secondary N) is 3. The molecule has 0 aliphatic rings. The van der Waals surface area contributed by atoms with Crippen molar-refractivity contribution in [2.75, 3.05) is 22.6 Å². The molecule has 0 fully saturated rings. The molecule has 0 spiro atoms. The predicted molar refractivity (Wildman–Crippen MR) is 147 cm³/mol. The number of hydrogen-bond donors (Lipinski definition) is 4. The van der Waals surface area contributed by atoms with Gasteiger partial charge in [-0.3, -0.25) is 4.98 Å². The Morgan fingerprint density at radius 3 is 2.57 bits per heavy atom. The van der Waals surface area contributed by atoms with Gasteiger partial charge < -0.3 is 30.2 Å². The summed E-state index contributed by atoms with van der Waals surface area (Å²) in [5.74, 6) is -1.04. The molecule has 0 aliphatic heterocycles. The minimum atomic E-state index is -4.69. The van der Waals surface area contributed by atoms with Crippen LogP contribution in [0.1, 0.15) is 11.1 Å².